The molecule has 0 aromatic heterocycles. The number of ether oxygens (including phenoxy) is 3. The molecule has 1 amide bonds. The van der Waals surface area contributed by atoms with E-state index < -0.39 is 6.10 Å². The number of carbonyl (C=O) groups excluding carboxylic acids is 1. The van der Waals surface area contributed by atoms with Crippen molar-refractivity contribution in [3.8, 4) is 17.2 Å². The summed E-state index contributed by atoms with van der Waals surface area (Å²) < 4.78 is 29.6. The number of hydrogen-bond acceptors (Lipinski definition) is 4. The summed E-state index contributed by atoms with van der Waals surface area (Å²) in [6, 6.07) is 9.05. The Balaban J connectivity index is 1.59. The molecular formula is C19H19ClFNO4. The third-order valence-electron chi connectivity index (χ3n) is 3.82. The van der Waals surface area contributed by atoms with Crippen molar-refractivity contribution in [1.29, 1.82) is 0 Å². The summed E-state index contributed by atoms with van der Waals surface area (Å²) >= 11 is 6.24. The lowest BCUT2D eigenvalue weighted by Gasteiger charge is -2.16. The highest BCUT2D eigenvalue weighted by atomic mass is 35.5. The Morgan fingerprint density at radius 2 is 2.00 bits per heavy atom. The van der Waals surface area contributed by atoms with Gasteiger partial charge in [0.1, 0.15) is 11.6 Å². The van der Waals surface area contributed by atoms with Gasteiger partial charge in [0.25, 0.3) is 5.91 Å². The Labute approximate surface area is 156 Å². The molecule has 138 valence electrons. The van der Waals surface area contributed by atoms with Gasteiger partial charge in [0.05, 0.1) is 18.2 Å². The number of fused-ring (bicyclic) bond motifs is 1. The molecule has 0 aliphatic carbocycles. The Hall–Kier alpha value is -2.47. The molecule has 0 saturated heterocycles. The molecule has 5 nitrogen and oxygen atoms in total. The molecule has 0 bridgehead atoms. The monoisotopic (exact) mass is 379 g/mol. The van der Waals surface area contributed by atoms with Crippen LogP contribution in [0.1, 0.15) is 18.9 Å². The van der Waals surface area contributed by atoms with Crippen LogP contribution in [0, 0.1) is 5.82 Å². The van der Waals surface area contributed by atoms with Crippen LogP contribution in [0.2, 0.25) is 5.02 Å². The van der Waals surface area contributed by atoms with Crippen molar-refractivity contribution in [1.82, 2.24) is 5.32 Å². The first-order valence-electron chi connectivity index (χ1n) is 8.31. The van der Waals surface area contributed by atoms with E-state index in [1.165, 1.54) is 24.3 Å². The van der Waals surface area contributed by atoms with Gasteiger partial charge in [-0.1, -0.05) is 11.6 Å². The molecule has 1 aliphatic heterocycles. The van der Waals surface area contributed by atoms with E-state index in [2.05, 4.69) is 5.32 Å². The molecular weight excluding hydrogens is 361 g/mol. The normalized spacial score (nSPS) is 14.3. The smallest absolute Gasteiger partial charge is 0.261 e. The first-order chi connectivity index (χ1) is 12.5. The van der Waals surface area contributed by atoms with Gasteiger partial charge in [0.15, 0.2) is 17.6 Å². The van der Waals surface area contributed by atoms with Gasteiger partial charge in [-0.3, -0.25) is 4.79 Å². The van der Waals surface area contributed by atoms with Crippen LogP contribution in [-0.4, -0.2) is 25.2 Å². The molecule has 7 heteroatoms. The van der Waals surface area contributed by atoms with Gasteiger partial charge in [-0.15, -0.1) is 0 Å². The maximum atomic E-state index is 12.9. The van der Waals surface area contributed by atoms with Crippen LogP contribution in [0.3, 0.4) is 0 Å². The molecule has 26 heavy (non-hydrogen) atoms. The molecule has 1 atom stereocenters. The van der Waals surface area contributed by atoms with Gasteiger partial charge in [-0.2, -0.15) is 0 Å². The van der Waals surface area contributed by atoms with Crippen LogP contribution in [-0.2, 0) is 11.3 Å². The molecule has 1 N–H and O–H groups in total. The zero-order valence-corrected chi connectivity index (χ0v) is 15.0. The molecule has 1 aliphatic rings. The summed E-state index contributed by atoms with van der Waals surface area (Å²) in [5, 5.41) is 3.24. The third-order valence-corrected chi connectivity index (χ3v) is 4.11. The van der Waals surface area contributed by atoms with E-state index in [9.17, 15) is 9.18 Å². The van der Waals surface area contributed by atoms with Crippen LogP contribution in [0.15, 0.2) is 36.4 Å². The fraction of sp³-hybridized carbons (Fsp3) is 0.316. The standard InChI is InChI=1S/C19H19ClFNO4/c1-12(26-15-5-3-14(21)4-6-15)19(23)22-11-13-9-16(20)18-17(10-13)24-7-2-8-25-18/h3-6,9-10,12H,2,7-8,11H2,1H3,(H,22,23). The second-order valence-corrected chi connectivity index (χ2v) is 6.29. The van der Waals surface area contributed by atoms with Gasteiger partial charge in [-0.05, 0) is 48.9 Å². The number of halogens is 2. The van der Waals surface area contributed by atoms with Crippen LogP contribution in [0.25, 0.3) is 0 Å². The Morgan fingerprint density at radius 1 is 1.27 bits per heavy atom. The minimum atomic E-state index is -0.726. The van der Waals surface area contributed by atoms with E-state index in [0.29, 0.717) is 35.5 Å². The van der Waals surface area contributed by atoms with Crippen molar-refractivity contribution in [3.05, 3.63) is 52.8 Å². The topological polar surface area (TPSA) is 56.8 Å². The quantitative estimate of drug-likeness (QED) is 0.860. The summed E-state index contributed by atoms with van der Waals surface area (Å²) in [4.78, 5) is 12.2. The summed E-state index contributed by atoms with van der Waals surface area (Å²) in [5.74, 6) is 0.882. The second kappa shape index (κ2) is 8.27. The zero-order chi connectivity index (χ0) is 18.5. The van der Waals surface area contributed by atoms with Crippen molar-refractivity contribution in [2.24, 2.45) is 0 Å². The molecule has 0 saturated carbocycles. The highest BCUT2D eigenvalue weighted by molar-refractivity contribution is 6.32. The van der Waals surface area contributed by atoms with Crippen LogP contribution in [0.4, 0.5) is 4.39 Å². The number of benzene rings is 2. The number of carbonyl (C=O) groups is 1. The molecule has 0 radical (unpaired) electrons. The third kappa shape index (κ3) is 4.58. The summed E-state index contributed by atoms with van der Waals surface area (Å²) in [6.45, 7) is 3.01. The van der Waals surface area contributed by atoms with Crippen molar-refractivity contribution in [2.75, 3.05) is 13.2 Å². The van der Waals surface area contributed by atoms with Crippen molar-refractivity contribution < 1.29 is 23.4 Å². The molecule has 2 aromatic carbocycles. The Morgan fingerprint density at radius 3 is 2.77 bits per heavy atom. The van der Waals surface area contributed by atoms with Gasteiger partial charge < -0.3 is 19.5 Å². The molecule has 3 rings (SSSR count). The van der Waals surface area contributed by atoms with E-state index in [0.717, 1.165) is 12.0 Å². The first-order valence-corrected chi connectivity index (χ1v) is 8.68. The van der Waals surface area contributed by atoms with E-state index in [1.807, 2.05) is 0 Å². The van der Waals surface area contributed by atoms with Crippen LogP contribution < -0.4 is 19.5 Å². The average molecular weight is 380 g/mol. The van der Waals surface area contributed by atoms with E-state index in [-0.39, 0.29) is 18.3 Å². The SMILES string of the molecule is CC(Oc1ccc(F)cc1)C(=O)NCc1cc(Cl)c2c(c1)OCCCO2. The minimum Gasteiger partial charge on any atom is -0.489 e. The summed E-state index contributed by atoms with van der Waals surface area (Å²) in [6.07, 6.45) is 0.0614. The van der Waals surface area contributed by atoms with E-state index in [4.69, 9.17) is 25.8 Å². The molecule has 0 fully saturated rings. The second-order valence-electron chi connectivity index (χ2n) is 5.89. The molecule has 0 spiro atoms. The van der Waals surface area contributed by atoms with Crippen LogP contribution in [0.5, 0.6) is 17.2 Å². The Kier molecular flexibility index (Phi) is 5.83. The zero-order valence-electron chi connectivity index (χ0n) is 14.3. The number of amides is 1. The molecule has 1 heterocycles. The summed E-state index contributed by atoms with van der Waals surface area (Å²) in [5.41, 5.74) is 0.793. The van der Waals surface area contributed by atoms with Crippen molar-refractivity contribution in [2.45, 2.75) is 26.0 Å². The molecule has 2 aromatic rings. The van der Waals surface area contributed by atoms with Gasteiger partial charge >= 0.3 is 0 Å². The number of rotatable bonds is 5. The lowest BCUT2D eigenvalue weighted by molar-refractivity contribution is -0.127. The Bertz CT molecular complexity index is 782. The fourth-order valence-electron chi connectivity index (χ4n) is 2.49. The predicted octanol–water partition coefficient (Wildman–Crippen LogP) is 3.72. The maximum absolute atomic E-state index is 12.9. The van der Waals surface area contributed by atoms with Gasteiger partial charge in [0, 0.05) is 13.0 Å². The first kappa shape index (κ1) is 18.3. The highest BCUT2D eigenvalue weighted by Gasteiger charge is 2.18. The summed E-state index contributed by atoms with van der Waals surface area (Å²) in [7, 11) is 0. The minimum absolute atomic E-state index is 0.270. The van der Waals surface area contributed by atoms with E-state index >= 15 is 0 Å². The molecule has 1 unspecified atom stereocenters. The lowest BCUT2D eigenvalue weighted by Crippen LogP contribution is -2.35. The highest BCUT2D eigenvalue weighted by Crippen LogP contribution is 2.37. The fourth-order valence-corrected chi connectivity index (χ4v) is 2.78. The predicted molar refractivity (Wildman–Crippen MR) is 95.4 cm³/mol. The van der Waals surface area contributed by atoms with Crippen molar-refractivity contribution >= 4 is 17.5 Å². The number of hydrogen-bond donors (Lipinski definition) is 1. The van der Waals surface area contributed by atoms with Crippen LogP contribution >= 0.6 is 11.6 Å². The van der Waals surface area contributed by atoms with E-state index in [1.54, 1.807) is 19.1 Å². The van der Waals surface area contributed by atoms with Gasteiger partial charge in [-0.25, -0.2) is 4.39 Å². The average Bonchev–Trinajstić information content (AvgIpc) is 2.87. The van der Waals surface area contributed by atoms with Crippen molar-refractivity contribution in [3.63, 3.8) is 0 Å². The number of nitrogens with one attached hydrogen (secondary N) is 1. The lowest BCUT2D eigenvalue weighted by atomic mass is 10.2. The van der Waals surface area contributed by atoms with Gasteiger partial charge in [0.2, 0.25) is 0 Å². The maximum Gasteiger partial charge on any atom is 0.261 e. The largest absolute Gasteiger partial charge is 0.489 e.